The first-order valence-corrected chi connectivity index (χ1v) is 7.79. The minimum Gasteiger partial charge on any atom is -0.462 e. The Morgan fingerprint density at radius 3 is 2.71 bits per heavy atom. The lowest BCUT2D eigenvalue weighted by Gasteiger charge is -2.12. The van der Waals surface area contributed by atoms with Crippen LogP contribution in [0.2, 0.25) is 0 Å². The van der Waals surface area contributed by atoms with Gasteiger partial charge in [0.15, 0.2) is 5.16 Å². The SMILES string of the molecule is Cc1ccccc1-n1c(C)nnc1S[C@@H]1C[C@@H](C)OC1=O. The number of esters is 1. The maximum atomic E-state index is 11.8. The minimum absolute atomic E-state index is 0.0223. The zero-order valence-corrected chi connectivity index (χ0v) is 13.1. The second-order valence-electron chi connectivity index (χ2n) is 5.24. The molecule has 1 aliphatic rings. The molecule has 0 unspecified atom stereocenters. The summed E-state index contributed by atoms with van der Waals surface area (Å²) in [6.07, 6.45) is 0.689. The third kappa shape index (κ3) is 2.68. The van der Waals surface area contributed by atoms with Crippen LogP contribution in [0.15, 0.2) is 29.4 Å². The van der Waals surface area contributed by atoms with Crippen molar-refractivity contribution < 1.29 is 9.53 Å². The highest BCUT2D eigenvalue weighted by molar-refractivity contribution is 8.00. The van der Waals surface area contributed by atoms with Crippen LogP contribution in [0.25, 0.3) is 5.69 Å². The van der Waals surface area contributed by atoms with Crippen molar-refractivity contribution in [3.63, 3.8) is 0 Å². The van der Waals surface area contributed by atoms with Gasteiger partial charge in [-0.1, -0.05) is 30.0 Å². The summed E-state index contributed by atoms with van der Waals surface area (Å²) in [4.78, 5) is 11.8. The highest BCUT2D eigenvalue weighted by atomic mass is 32.2. The van der Waals surface area contributed by atoms with Crippen molar-refractivity contribution in [1.29, 1.82) is 0 Å². The topological polar surface area (TPSA) is 57.0 Å². The van der Waals surface area contributed by atoms with Crippen molar-refractivity contribution in [2.45, 2.75) is 43.7 Å². The number of rotatable bonds is 3. The summed E-state index contributed by atoms with van der Waals surface area (Å²) in [5.74, 6) is 0.649. The number of carbonyl (C=O) groups is 1. The summed E-state index contributed by atoms with van der Waals surface area (Å²) in [6.45, 7) is 5.88. The van der Waals surface area contributed by atoms with E-state index in [2.05, 4.69) is 23.2 Å². The maximum absolute atomic E-state index is 11.8. The minimum atomic E-state index is -0.202. The third-order valence-electron chi connectivity index (χ3n) is 3.53. The van der Waals surface area contributed by atoms with Crippen LogP contribution in [-0.2, 0) is 9.53 Å². The van der Waals surface area contributed by atoms with E-state index >= 15 is 0 Å². The Balaban J connectivity index is 1.95. The molecule has 5 nitrogen and oxygen atoms in total. The summed E-state index contributed by atoms with van der Waals surface area (Å²) in [6, 6.07) is 8.07. The normalized spacial score (nSPS) is 21.6. The lowest BCUT2D eigenvalue weighted by atomic mass is 10.2. The molecule has 2 atom stereocenters. The number of hydrogen-bond acceptors (Lipinski definition) is 5. The molecule has 2 aromatic rings. The largest absolute Gasteiger partial charge is 0.462 e. The van der Waals surface area contributed by atoms with Crippen LogP contribution in [0.5, 0.6) is 0 Å². The number of nitrogens with zero attached hydrogens (tertiary/aromatic N) is 3. The van der Waals surface area contributed by atoms with Crippen LogP contribution in [-0.4, -0.2) is 32.1 Å². The number of cyclic esters (lactones) is 1. The summed E-state index contributed by atoms with van der Waals surface area (Å²) >= 11 is 1.43. The number of ether oxygens (including phenoxy) is 1. The number of hydrogen-bond donors (Lipinski definition) is 0. The van der Waals surface area contributed by atoms with Gasteiger partial charge < -0.3 is 4.74 Å². The molecule has 0 spiro atoms. The van der Waals surface area contributed by atoms with Crippen molar-refractivity contribution in [3.05, 3.63) is 35.7 Å². The molecular weight excluding hydrogens is 286 g/mol. The number of para-hydroxylation sites is 1. The molecule has 6 heteroatoms. The summed E-state index contributed by atoms with van der Waals surface area (Å²) in [7, 11) is 0. The molecular formula is C15H17N3O2S. The van der Waals surface area contributed by atoms with E-state index < -0.39 is 0 Å². The first kappa shape index (κ1) is 14.1. The molecule has 0 N–H and O–H groups in total. The van der Waals surface area contributed by atoms with E-state index in [4.69, 9.17) is 4.74 Å². The van der Waals surface area contributed by atoms with Crippen molar-refractivity contribution in [2.24, 2.45) is 0 Å². The van der Waals surface area contributed by atoms with Gasteiger partial charge in [-0.2, -0.15) is 0 Å². The molecule has 110 valence electrons. The molecule has 0 amide bonds. The molecule has 0 radical (unpaired) electrons. The molecule has 1 saturated heterocycles. The molecule has 0 bridgehead atoms. The average Bonchev–Trinajstić information content (AvgIpc) is 2.94. The van der Waals surface area contributed by atoms with Gasteiger partial charge >= 0.3 is 5.97 Å². The Morgan fingerprint density at radius 1 is 1.29 bits per heavy atom. The Bertz CT molecular complexity index is 683. The summed E-state index contributed by atoms with van der Waals surface area (Å²) in [5.41, 5.74) is 2.19. The predicted octanol–water partition coefficient (Wildman–Crippen LogP) is 2.68. The Kier molecular flexibility index (Phi) is 3.71. The van der Waals surface area contributed by atoms with E-state index in [1.54, 1.807) is 0 Å². The fraction of sp³-hybridized carbons (Fsp3) is 0.400. The lowest BCUT2D eigenvalue weighted by Crippen LogP contribution is -2.11. The second kappa shape index (κ2) is 5.52. The molecule has 2 heterocycles. The number of aryl methyl sites for hydroxylation is 2. The zero-order valence-electron chi connectivity index (χ0n) is 12.2. The van der Waals surface area contributed by atoms with Gasteiger partial charge in [0.1, 0.15) is 17.2 Å². The van der Waals surface area contributed by atoms with Gasteiger partial charge in [-0.15, -0.1) is 10.2 Å². The monoisotopic (exact) mass is 303 g/mol. The first-order chi connectivity index (χ1) is 10.1. The fourth-order valence-electron chi connectivity index (χ4n) is 2.45. The van der Waals surface area contributed by atoms with Crippen LogP contribution in [0, 0.1) is 13.8 Å². The van der Waals surface area contributed by atoms with E-state index in [-0.39, 0.29) is 17.3 Å². The van der Waals surface area contributed by atoms with Crippen LogP contribution >= 0.6 is 11.8 Å². The first-order valence-electron chi connectivity index (χ1n) is 6.91. The third-order valence-corrected chi connectivity index (χ3v) is 4.67. The molecule has 1 aromatic carbocycles. The number of thioether (sulfide) groups is 1. The predicted molar refractivity (Wildman–Crippen MR) is 80.6 cm³/mol. The Labute approximate surface area is 127 Å². The van der Waals surface area contributed by atoms with Crippen LogP contribution in [0.1, 0.15) is 24.7 Å². The van der Waals surface area contributed by atoms with E-state index in [1.165, 1.54) is 11.8 Å². The summed E-state index contributed by atoms with van der Waals surface area (Å²) in [5, 5.41) is 8.92. The molecule has 1 aliphatic heterocycles. The average molecular weight is 303 g/mol. The molecule has 3 rings (SSSR count). The number of benzene rings is 1. The van der Waals surface area contributed by atoms with Crippen molar-refractivity contribution >= 4 is 17.7 Å². The quantitative estimate of drug-likeness (QED) is 0.816. The summed E-state index contributed by atoms with van der Waals surface area (Å²) < 4.78 is 7.20. The molecule has 21 heavy (non-hydrogen) atoms. The molecule has 0 saturated carbocycles. The van der Waals surface area contributed by atoms with Crippen molar-refractivity contribution in [3.8, 4) is 5.69 Å². The van der Waals surface area contributed by atoms with Gasteiger partial charge in [-0.25, -0.2) is 0 Å². The fourth-order valence-corrected chi connectivity index (χ4v) is 3.65. The van der Waals surface area contributed by atoms with Gasteiger partial charge in [0.05, 0.1) is 5.69 Å². The van der Waals surface area contributed by atoms with E-state index in [1.807, 2.05) is 36.6 Å². The van der Waals surface area contributed by atoms with Crippen LogP contribution < -0.4 is 0 Å². The molecule has 1 fully saturated rings. The standard InChI is InChI=1S/C15H17N3O2S/c1-9-6-4-5-7-12(9)18-11(3)16-17-15(18)21-13-8-10(2)20-14(13)19/h4-7,10,13H,8H2,1-3H3/t10-,13-/m1/s1. The van der Waals surface area contributed by atoms with Crippen molar-refractivity contribution in [1.82, 2.24) is 14.8 Å². The van der Waals surface area contributed by atoms with Crippen LogP contribution in [0.3, 0.4) is 0 Å². The van der Waals surface area contributed by atoms with E-state index in [9.17, 15) is 4.79 Å². The van der Waals surface area contributed by atoms with Gasteiger partial charge in [-0.3, -0.25) is 9.36 Å². The van der Waals surface area contributed by atoms with Gasteiger partial charge in [0.2, 0.25) is 0 Å². The van der Waals surface area contributed by atoms with E-state index in [0.717, 1.165) is 22.2 Å². The zero-order chi connectivity index (χ0) is 15.0. The van der Waals surface area contributed by atoms with Gasteiger partial charge in [0, 0.05) is 6.42 Å². The van der Waals surface area contributed by atoms with Crippen molar-refractivity contribution in [2.75, 3.05) is 0 Å². The smallest absolute Gasteiger partial charge is 0.319 e. The Morgan fingerprint density at radius 2 is 2.05 bits per heavy atom. The lowest BCUT2D eigenvalue weighted by molar-refractivity contribution is -0.140. The Hall–Kier alpha value is -1.82. The number of carbonyl (C=O) groups excluding carboxylic acids is 1. The second-order valence-corrected chi connectivity index (χ2v) is 6.41. The number of aromatic nitrogens is 3. The maximum Gasteiger partial charge on any atom is 0.319 e. The van der Waals surface area contributed by atoms with Gasteiger partial charge in [-0.05, 0) is 32.4 Å². The molecule has 0 aliphatic carbocycles. The molecule has 1 aromatic heterocycles. The highest BCUT2D eigenvalue weighted by Crippen LogP contribution is 2.33. The van der Waals surface area contributed by atoms with Crippen LogP contribution in [0.4, 0.5) is 0 Å². The van der Waals surface area contributed by atoms with E-state index in [0.29, 0.717) is 6.42 Å². The van der Waals surface area contributed by atoms with Gasteiger partial charge in [0.25, 0.3) is 0 Å². The highest BCUT2D eigenvalue weighted by Gasteiger charge is 2.34.